The Morgan fingerprint density at radius 3 is 2.92 bits per heavy atom. The van der Waals surface area contributed by atoms with Gasteiger partial charge in [-0.15, -0.1) is 0 Å². The number of para-hydroxylation sites is 1. The summed E-state index contributed by atoms with van der Waals surface area (Å²) in [6, 6.07) is 7.71. The Morgan fingerprint density at radius 1 is 1.19 bits per heavy atom. The Labute approximate surface area is 150 Å². The first-order valence-electron chi connectivity index (χ1n) is 8.84. The van der Waals surface area contributed by atoms with Crippen LogP contribution in [-0.4, -0.2) is 55.7 Å². The Bertz CT molecular complexity index is 991. The Balaban J connectivity index is 1.42. The first-order chi connectivity index (χ1) is 12.7. The first-order valence-corrected chi connectivity index (χ1v) is 8.84. The lowest BCUT2D eigenvalue weighted by Crippen LogP contribution is -2.61. The van der Waals surface area contributed by atoms with Crippen molar-refractivity contribution in [3.05, 3.63) is 53.7 Å². The van der Waals surface area contributed by atoms with Crippen LogP contribution in [0.5, 0.6) is 0 Å². The number of fused-ring (bicyclic) bond motifs is 4. The summed E-state index contributed by atoms with van der Waals surface area (Å²) in [5.74, 6) is 0.0589. The molecule has 0 bridgehead atoms. The average molecular weight is 349 g/mol. The van der Waals surface area contributed by atoms with Crippen molar-refractivity contribution in [1.29, 1.82) is 0 Å². The highest BCUT2D eigenvalue weighted by Crippen LogP contribution is 2.32. The molecule has 1 saturated heterocycles. The summed E-state index contributed by atoms with van der Waals surface area (Å²) in [6.07, 6.45) is 4.62. The lowest BCUT2D eigenvalue weighted by atomic mass is 9.94. The highest BCUT2D eigenvalue weighted by molar-refractivity contribution is 5.96. The summed E-state index contributed by atoms with van der Waals surface area (Å²) in [7, 11) is 0. The van der Waals surface area contributed by atoms with Gasteiger partial charge in [-0.25, -0.2) is 4.98 Å². The summed E-state index contributed by atoms with van der Waals surface area (Å²) >= 11 is 0. The van der Waals surface area contributed by atoms with Crippen LogP contribution in [0.4, 0.5) is 0 Å². The third kappa shape index (κ3) is 2.31. The van der Waals surface area contributed by atoms with Crippen molar-refractivity contribution >= 4 is 22.7 Å². The van der Waals surface area contributed by atoms with Crippen LogP contribution >= 0.6 is 0 Å². The molecule has 5 rings (SSSR count). The van der Waals surface area contributed by atoms with Crippen LogP contribution in [0.1, 0.15) is 17.0 Å². The van der Waals surface area contributed by atoms with Gasteiger partial charge in [0.15, 0.2) is 0 Å². The lowest BCUT2D eigenvalue weighted by Gasteiger charge is -2.42. The molecule has 2 N–H and O–H groups in total. The van der Waals surface area contributed by atoms with Crippen molar-refractivity contribution in [1.82, 2.24) is 24.8 Å². The van der Waals surface area contributed by atoms with Crippen molar-refractivity contribution in [2.75, 3.05) is 13.1 Å². The van der Waals surface area contributed by atoms with Gasteiger partial charge in [-0.1, -0.05) is 18.2 Å². The standard InChI is InChI=1S/C19H19N5O2/c25-18-10-23(6-5-12-8-20-11-21-12)19(26)17-7-14-13-3-1-2-4-15(13)22-16(14)9-24(17)18/h1-4,8,11,17,22H,5-7,9-10H2,(H,20,21). The molecule has 7 heteroatoms. The second-order valence-corrected chi connectivity index (χ2v) is 6.96. The van der Waals surface area contributed by atoms with Crippen molar-refractivity contribution in [3.8, 4) is 0 Å². The van der Waals surface area contributed by atoms with Crippen molar-refractivity contribution < 1.29 is 9.59 Å². The number of nitrogens with zero attached hydrogens (tertiary/aromatic N) is 3. The van der Waals surface area contributed by atoms with Gasteiger partial charge in [0.1, 0.15) is 6.04 Å². The number of piperazine rings is 1. The van der Waals surface area contributed by atoms with E-state index in [1.54, 1.807) is 22.3 Å². The van der Waals surface area contributed by atoms with Gasteiger partial charge in [-0.2, -0.15) is 0 Å². The molecular formula is C19H19N5O2. The molecule has 26 heavy (non-hydrogen) atoms. The normalized spacial score (nSPS) is 19.8. The summed E-state index contributed by atoms with van der Waals surface area (Å²) in [6.45, 7) is 1.16. The Kier molecular flexibility index (Phi) is 3.34. The molecule has 1 aromatic carbocycles. The van der Waals surface area contributed by atoms with Gasteiger partial charge in [-0.05, 0) is 11.6 Å². The van der Waals surface area contributed by atoms with E-state index in [1.807, 2.05) is 18.2 Å². The maximum atomic E-state index is 13.0. The fourth-order valence-corrected chi connectivity index (χ4v) is 4.10. The van der Waals surface area contributed by atoms with Gasteiger partial charge in [0, 0.05) is 47.9 Å². The molecule has 0 aliphatic carbocycles. The quantitative estimate of drug-likeness (QED) is 0.746. The number of hydrogen-bond acceptors (Lipinski definition) is 3. The zero-order valence-electron chi connectivity index (χ0n) is 14.2. The van der Waals surface area contributed by atoms with E-state index in [9.17, 15) is 9.59 Å². The third-order valence-corrected chi connectivity index (χ3v) is 5.45. The van der Waals surface area contributed by atoms with E-state index in [0.717, 1.165) is 22.3 Å². The molecule has 1 unspecified atom stereocenters. The second kappa shape index (κ2) is 5.72. The minimum atomic E-state index is -0.398. The van der Waals surface area contributed by atoms with E-state index in [1.165, 1.54) is 5.56 Å². The van der Waals surface area contributed by atoms with Gasteiger partial charge in [0.25, 0.3) is 0 Å². The number of hydrogen-bond donors (Lipinski definition) is 2. The van der Waals surface area contributed by atoms with Crippen LogP contribution in [0.2, 0.25) is 0 Å². The van der Waals surface area contributed by atoms with E-state index >= 15 is 0 Å². The number of benzene rings is 1. The second-order valence-electron chi connectivity index (χ2n) is 6.96. The average Bonchev–Trinajstić information content (AvgIpc) is 3.29. The van der Waals surface area contributed by atoms with E-state index in [2.05, 4.69) is 21.0 Å². The molecule has 7 nitrogen and oxygen atoms in total. The maximum absolute atomic E-state index is 13.0. The molecule has 2 amide bonds. The van der Waals surface area contributed by atoms with Crippen molar-refractivity contribution in [2.45, 2.75) is 25.4 Å². The first kappa shape index (κ1) is 15.2. The number of aromatic nitrogens is 3. The van der Waals surface area contributed by atoms with Crippen LogP contribution in [-0.2, 0) is 29.0 Å². The molecule has 1 atom stereocenters. The Hall–Kier alpha value is -3.09. The monoisotopic (exact) mass is 349 g/mol. The predicted molar refractivity (Wildman–Crippen MR) is 95.2 cm³/mol. The molecule has 0 spiro atoms. The number of carbonyl (C=O) groups is 2. The maximum Gasteiger partial charge on any atom is 0.246 e. The van der Waals surface area contributed by atoms with Crippen LogP contribution in [0.3, 0.4) is 0 Å². The van der Waals surface area contributed by atoms with Crippen LogP contribution in [0.25, 0.3) is 10.9 Å². The molecule has 1 fully saturated rings. The van der Waals surface area contributed by atoms with Gasteiger partial charge in [0.05, 0.1) is 19.4 Å². The van der Waals surface area contributed by atoms with Gasteiger partial charge >= 0.3 is 0 Å². The van der Waals surface area contributed by atoms with Crippen molar-refractivity contribution in [2.24, 2.45) is 0 Å². The number of H-pyrrole nitrogens is 2. The highest BCUT2D eigenvalue weighted by atomic mass is 16.2. The molecule has 0 radical (unpaired) electrons. The predicted octanol–water partition coefficient (Wildman–Crippen LogP) is 1.23. The SMILES string of the molecule is O=C1C2Cc3c([nH]c4ccccc34)CN2C(=O)CN1CCc1cnc[nH]1. The summed E-state index contributed by atoms with van der Waals surface area (Å²) < 4.78 is 0. The summed E-state index contributed by atoms with van der Waals surface area (Å²) in [5.41, 5.74) is 4.25. The van der Waals surface area contributed by atoms with E-state index < -0.39 is 6.04 Å². The summed E-state index contributed by atoms with van der Waals surface area (Å²) in [4.78, 5) is 39.6. The van der Waals surface area contributed by atoms with Gasteiger partial charge in [-0.3, -0.25) is 9.59 Å². The molecule has 0 saturated carbocycles. The van der Waals surface area contributed by atoms with E-state index in [0.29, 0.717) is 25.9 Å². The number of amides is 2. The molecule has 2 aliphatic rings. The van der Waals surface area contributed by atoms with Gasteiger partial charge < -0.3 is 19.8 Å². The molecule has 4 heterocycles. The third-order valence-electron chi connectivity index (χ3n) is 5.45. The fourth-order valence-electron chi connectivity index (χ4n) is 4.10. The number of imidazole rings is 1. The zero-order chi connectivity index (χ0) is 17.7. The highest BCUT2D eigenvalue weighted by Gasteiger charge is 2.42. The van der Waals surface area contributed by atoms with Crippen LogP contribution < -0.4 is 0 Å². The van der Waals surface area contributed by atoms with Crippen LogP contribution in [0.15, 0.2) is 36.8 Å². The number of rotatable bonds is 3. The number of aromatic amines is 2. The largest absolute Gasteiger partial charge is 0.357 e. The summed E-state index contributed by atoms with van der Waals surface area (Å²) in [5, 5.41) is 1.15. The molecule has 3 aromatic rings. The minimum Gasteiger partial charge on any atom is -0.357 e. The smallest absolute Gasteiger partial charge is 0.246 e. The molecule has 2 aliphatic heterocycles. The number of carbonyl (C=O) groups excluding carboxylic acids is 2. The van der Waals surface area contributed by atoms with E-state index in [-0.39, 0.29) is 18.4 Å². The van der Waals surface area contributed by atoms with Crippen LogP contribution in [0, 0.1) is 0 Å². The molecule has 132 valence electrons. The van der Waals surface area contributed by atoms with E-state index in [4.69, 9.17) is 0 Å². The fraction of sp³-hybridized carbons (Fsp3) is 0.316. The van der Waals surface area contributed by atoms with Crippen molar-refractivity contribution in [3.63, 3.8) is 0 Å². The minimum absolute atomic E-state index is 0.0171. The lowest BCUT2D eigenvalue weighted by molar-refractivity contribution is -0.157. The topological polar surface area (TPSA) is 85.1 Å². The molecular weight excluding hydrogens is 330 g/mol. The van der Waals surface area contributed by atoms with Gasteiger partial charge in [0.2, 0.25) is 11.8 Å². The zero-order valence-corrected chi connectivity index (χ0v) is 14.2. The molecule has 2 aromatic heterocycles. The Morgan fingerprint density at radius 2 is 2.08 bits per heavy atom. The number of nitrogens with one attached hydrogen (secondary N) is 2.